The highest BCUT2D eigenvalue weighted by Crippen LogP contribution is 2.30. The second-order valence-corrected chi connectivity index (χ2v) is 5.65. The molecule has 0 fully saturated rings. The Hall–Kier alpha value is -1.45. The number of fused-ring (bicyclic) bond motifs is 1. The molecule has 1 aromatic carbocycles. The molecule has 0 bridgehead atoms. The van der Waals surface area contributed by atoms with Gasteiger partial charge in [-0.15, -0.1) is 0 Å². The molecule has 0 amide bonds. The summed E-state index contributed by atoms with van der Waals surface area (Å²) in [5.41, 5.74) is 2.01. The number of nitrogens with zero attached hydrogens (tertiary/aromatic N) is 1. The second kappa shape index (κ2) is 6.33. The fourth-order valence-corrected chi connectivity index (χ4v) is 2.45. The summed E-state index contributed by atoms with van der Waals surface area (Å²) < 4.78 is 5.69. The van der Waals surface area contributed by atoms with Crippen molar-refractivity contribution in [3.8, 4) is 0 Å². The van der Waals surface area contributed by atoms with E-state index in [9.17, 15) is 0 Å². The number of ether oxygens (including phenoxy) is 1. The molecule has 0 aliphatic rings. The summed E-state index contributed by atoms with van der Waals surface area (Å²) in [7, 11) is 1.77. The molecule has 20 heavy (non-hydrogen) atoms. The van der Waals surface area contributed by atoms with E-state index in [4.69, 9.17) is 4.74 Å². The Balaban J connectivity index is 2.39. The Labute approximate surface area is 121 Å². The lowest BCUT2D eigenvalue weighted by Gasteiger charge is -2.34. The maximum absolute atomic E-state index is 5.69. The summed E-state index contributed by atoms with van der Waals surface area (Å²) in [5, 5.41) is 4.76. The summed E-state index contributed by atoms with van der Waals surface area (Å²) in [6.45, 7) is 7.39. The van der Waals surface area contributed by atoms with Crippen LogP contribution in [0.1, 0.15) is 38.8 Å². The molecular formula is C17H24N2O. The van der Waals surface area contributed by atoms with E-state index in [2.05, 4.69) is 55.3 Å². The third-order valence-electron chi connectivity index (χ3n) is 3.78. The first-order valence-corrected chi connectivity index (χ1v) is 7.21. The van der Waals surface area contributed by atoms with Crippen molar-refractivity contribution in [2.45, 2.75) is 38.8 Å². The van der Waals surface area contributed by atoms with E-state index in [1.165, 1.54) is 10.9 Å². The summed E-state index contributed by atoms with van der Waals surface area (Å²) in [4.78, 5) is 4.37. The molecule has 2 rings (SSSR count). The van der Waals surface area contributed by atoms with Crippen molar-refractivity contribution in [1.82, 2.24) is 10.3 Å². The van der Waals surface area contributed by atoms with Crippen LogP contribution in [-0.4, -0.2) is 24.2 Å². The number of hydrogen-bond acceptors (Lipinski definition) is 3. The summed E-state index contributed by atoms with van der Waals surface area (Å²) in [6.07, 6.45) is 2.93. The van der Waals surface area contributed by atoms with Crippen LogP contribution in [-0.2, 0) is 4.74 Å². The van der Waals surface area contributed by atoms with Gasteiger partial charge in [-0.3, -0.25) is 4.98 Å². The monoisotopic (exact) mass is 272 g/mol. The molecule has 3 heteroatoms. The molecular weight excluding hydrogens is 248 g/mol. The molecule has 1 aromatic heterocycles. The molecule has 1 atom stereocenters. The summed E-state index contributed by atoms with van der Waals surface area (Å²) >= 11 is 0. The number of nitrogens with one attached hydrogen (secondary N) is 1. The number of rotatable bonds is 6. The average molecular weight is 272 g/mol. The van der Waals surface area contributed by atoms with Gasteiger partial charge in [0, 0.05) is 18.7 Å². The van der Waals surface area contributed by atoms with Gasteiger partial charge in [-0.25, -0.2) is 0 Å². The van der Waals surface area contributed by atoms with Crippen LogP contribution >= 0.6 is 0 Å². The Morgan fingerprint density at radius 2 is 2.10 bits per heavy atom. The largest absolute Gasteiger partial charge is 0.377 e. The Kier molecular flexibility index (Phi) is 4.73. The SMILES string of the molecule is CCCNC(c1ccc2ncccc2c1)C(C)(C)OC. The van der Waals surface area contributed by atoms with Crippen LogP contribution in [0.4, 0.5) is 0 Å². The third-order valence-corrected chi connectivity index (χ3v) is 3.78. The highest BCUT2D eigenvalue weighted by atomic mass is 16.5. The van der Waals surface area contributed by atoms with Crippen molar-refractivity contribution in [3.05, 3.63) is 42.1 Å². The van der Waals surface area contributed by atoms with E-state index in [-0.39, 0.29) is 11.6 Å². The molecule has 108 valence electrons. The van der Waals surface area contributed by atoms with Gasteiger partial charge in [-0.05, 0) is 50.6 Å². The Bertz CT molecular complexity index is 566. The van der Waals surface area contributed by atoms with Crippen molar-refractivity contribution in [3.63, 3.8) is 0 Å². The lowest BCUT2D eigenvalue weighted by atomic mass is 9.90. The standard InChI is InChI=1S/C17H24N2O/c1-5-10-19-16(17(2,3)20-4)14-8-9-15-13(12-14)7-6-11-18-15/h6-9,11-12,16,19H,5,10H2,1-4H3. The molecule has 0 aliphatic carbocycles. The predicted octanol–water partition coefficient (Wildman–Crippen LogP) is 3.70. The normalized spacial score (nSPS) is 13.6. The van der Waals surface area contributed by atoms with Gasteiger partial charge in [0.15, 0.2) is 0 Å². The molecule has 0 saturated carbocycles. The molecule has 1 heterocycles. The molecule has 2 aromatic rings. The Morgan fingerprint density at radius 1 is 1.30 bits per heavy atom. The zero-order valence-electron chi connectivity index (χ0n) is 12.8. The number of benzene rings is 1. The van der Waals surface area contributed by atoms with E-state index >= 15 is 0 Å². The van der Waals surface area contributed by atoms with Crippen LogP contribution in [0.3, 0.4) is 0 Å². The maximum Gasteiger partial charge on any atom is 0.0816 e. The average Bonchev–Trinajstić information content (AvgIpc) is 2.47. The van der Waals surface area contributed by atoms with Crippen molar-refractivity contribution in [1.29, 1.82) is 0 Å². The van der Waals surface area contributed by atoms with Gasteiger partial charge in [0.05, 0.1) is 17.2 Å². The van der Waals surface area contributed by atoms with Gasteiger partial charge in [-0.2, -0.15) is 0 Å². The smallest absolute Gasteiger partial charge is 0.0816 e. The van der Waals surface area contributed by atoms with Crippen molar-refractivity contribution < 1.29 is 4.74 Å². The van der Waals surface area contributed by atoms with E-state index in [0.29, 0.717) is 0 Å². The minimum Gasteiger partial charge on any atom is -0.377 e. The first-order chi connectivity index (χ1) is 9.58. The molecule has 0 radical (unpaired) electrons. The summed E-state index contributed by atoms with van der Waals surface area (Å²) in [5.74, 6) is 0. The van der Waals surface area contributed by atoms with Crippen LogP contribution in [0.25, 0.3) is 10.9 Å². The fourth-order valence-electron chi connectivity index (χ4n) is 2.45. The van der Waals surface area contributed by atoms with Crippen molar-refractivity contribution in [2.75, 3.05) is 13.7 Å². The lowest BCUT2D eigenvalue weighted by molar-refractivity contribution is -0.0110. The van der Waals surface area contributed by atoms with Crippen molar-refractivity contribution in [2.24, 2.45) is 0 Å². The van der Waals surface area contributed by atoms with Crippen LogP contribution < -0.4 is 5.32 Å². The minimum atomic E-state index is -0.259. The van der Waals surface area contributed by atoms with Crippen LogP contribution in [0.2, 0.25) is 0 Å². The van der Waals surface area contributed by atoms with Gasteiger partial charge >= 0.3 is 0 Å². The number of methoxy groups -OCH3 is 1. The number of pyridine rings is 1. The predicted molar refractivity (Wildman–Crippen MR) is 83.9 cm³/mol. The highest BCUT2D eigenvalue weighted by molar-refractivity contribution is 5.79. The van der Waals surface area contributed by atoms with Crippen molar-refractivity contribution >= 4 is 10.9 Å². The van der Waals surface area contributed by atoms with Gasteiger partial charge in [0.1, 0.15) is 0 Å². The fraction of sp³-hybridized carbons (Fsp3) is 0.471. The van der Waals surface area contributed by atoms with E-state index in [0.717, 1.165) is 18.5 Å². The van der Waals surface area contributed by atoms with Gasteiger partial charge < -0.3 is 10.1 Å². The second-order valence-electron chi connectivity index (χ2n) is 5.65. The summed E-state index contributed by atoms with van der Waals surface area (Å²) in [6, 6.07) is 10.7. The third kappa shape index (κ3) is 3.17. The molecule has 1 N–H and O–H groups in total. The topological polar surface area (TPSA) is 34.2 Å². The van der Waals surface area contributed by atoms with Gasteiger partial charge in [-0.1, -0.05) is 19.1 Å². The zero-order valence-corrected chi connectivity index (χ0v) is 12.8. The Morgan fingerprint density at radius 3 is 2.80 bits per heavy atom. The maximum atomic E-state index is 5.69. The molecule has 0 spiro atoms. The molecule has 0 aliphatic heterocycles. The molecule has 3 nitrogen and oxygen atoms in total. The molecule has 1 unspecified atom stereocenters. The minimum absolute atomic E-state index is 0.164. The van der Waals surface area contributed by atoms with E-state index < -0.39 is 0 Å². The zero-order chi connectivity index (χ0) is 14.6. The van der Waals surface area contributed by atoms with Gasteiger partial charge in [0.25, 0.3) is 0 Å². The van der Waals surface area contributed by atoms with E-state index in [1.54, 1.807) is 7.11 Å². The first-order valence-electron chi connectivity index (χ1n) is 7.21. The highest BCUT2D eigenvalue weighted by Gasteiger charge is 2.30. The molecule has 0 saturated heterocycles. The first kappa shape index (κ1) is 14.9. The lowest BCUT2D eigenvalue weighted by Crippen LogP contribution is -2.41. The number of aromatic nitrogens is 1. The van der Waals surface area contributed by atoms with Gasteiger partial charge in [0.2, 0.25) is 0 Å². The van der Waals surface area contributed by atoms with E-state index in [1.807, 2.05) is 12.3 Å². The van der Waals surface area contributed by atoms with Crippen LogP contribution in [0.15, 0.2) is 36.5 Å². The van der Waals surface area contributed by atoms with Crippen LogP contribution in [0.5, 0.6) is 0 Å². The number of hydrogen-bond donors (Lipinski definition) is 1. The quantitative estimate of drug-likeness (QED) is 0.870. The van der Waals surface area contributed by atoms with Crippen LogP contribution in [0, 0.1) is 0 Å².